The van der Waals surface area contributed by atoms with Gasteiger partial charge in [0.05, 0.1) is 11.5 Å². The maximum absolute atomic E-state index is 13.6. The second kappa shape index (κ2) is 8.81. The van der Waals surface area contributed by atoms with Crippen LogP contribution in [0.4, 0.5) is 0 Å². The van der Waals surface area contributed by atoms with E-state index in [9.17, 15) is 9.59 Å². The van der Waals surface area contributed by atoms with E-state index in [0.29, 0.717) is 23.7 Å². The summed E-state index contributed by atoms with van der Waals surface area (Å²) in [5.74, 6) is -0.261. The Kier molecular flexibility index (Phi) is 6.14. The highest BCUT2D eigenvalue weighted by Gasteiger charge is 2.55. The molecule has 2 aliphatic rings. The predicted octanol–water partition coefficient (Wildman–Crippen LogP) is 5.31. The van der Waals surface area contributed by atoms with Gasteiger partial charge in [0.1, 0.15) is 0 Å². The van der Waals surface area contributed by atoms with Gasteiger partial charge in [0.2, 0.25) is 5.91 Å². The number of halogens is 1. The Hall–Kier alpha value is -2.33. The van der Waals surface area contributed by atoms with Crippen LogP contribution in [0.2, 0.25) is 5.02 Å². The molecule has 1 fully saturated rings. The summed E-state index contributed by atoms with van der Waals surface area (Å²) in [7, 11) is 0. The third-order valence-electron chi connectivity index (χ3n) is 6.64. The normalized spacial score (nSPS) is 19.7. The molecule has 2 aromatic rings. The molecule has 4 nitrogen and oxygen atoms in total. The van der Waals surface area contributed by atoms with Crippen LogP contribution in [0.1, 0.15) is 72.9 Å². The number of hydrogen-bond acceptors (Lipinski definition) is 2. The highest BCUT2D eigenvalue weighted by molar-refractivity contribution is 6.30. The Bertz CT molecular complexity index is 936. The maximum Gasteiger partial charge on any atom is 0.254 e. The third kappa shape index (κ3) is 3.74. The second-order valence-corrected chi connectivity index (χ2v) is 8.93. The Morgan fingerprint density at radius 3 is 2.67 bits per heavy atom. The molecule has 1 atom stereocenters. The highest BCUT2D eigenvalue weighted by Crippen LogP contribution is 2.50. The minimum absolute atomic E-state index is 0.00155. The number of carbonyl (C=O) groups excluding carboxylic acids is 2. The fourth-order valence-corrected chi connectivity index (χ4v) is 5.46. The van der Waals surface area contributed by atoms with E-state index in [2.05, 4.69) is 12.2 Å². The molecule has 1 N–H and O–H groups in total. The lowest BCUT2D eigenvalue weighted by atomic mass is 9.71. The SMILES string of the molecule is CCCCN1C(=O)c2ccccc2C(C(=O)NCc2cccc(Cl)c2)C12CCCC2. The molecule has 2 amide bonds. The molecule has 1 spiro atoms. The van der Waals surface area contributed by atoms with Gasteiger partial charge in [-0.15, -0.1) is 0 Å². The number of amides is 2. The highest BCUT2D eigenvalue weighted by atomic mass is 35.5. The molecule has 2 aromatic carbocycles. The van der Waals surface area contributed by atoms with Gasteiger partial charge in [-0.1, -0.05) is 68.1 Å². The molecule has 0 aromatic heterocycles. The molecule has 1 aliphatic carbocycles. The van der Waals surface area contributed by atoms with Crippen LogP contribution in [0, 0.1) is 0 Å². The summed E-state index contributed by atoms with van der Waals surface area (Å²) in [4.78, 5) is 29.1. The van der Waals surface area contributed by atoms with Gasteiger partial charge in [0, 0.05) is 23.7 Å². The van der Waals surface area contributed by atoms with Crippen molar-refractivity contribution in [3.63, 3.8) is 0 Å². The van der Waals surface area contributed by atoms with E-state index in [-0.39, 0.29) is 17.7 Å². The van der Waals surface area contributed by atoms with Crippen molar-refractivity contribution in [2.45, 2.75) is 63.5 Å². The van der Waals surface area contributed by atoms with E-state index in [4.69, 9.17) is 11.6 Å². The molecule has 1 unspecified atom stereocenters. The number of benzene rings is 2. The summed E-state index contributed by atoms with van der Waals surface area (Å²) in [5, 5.41) is 3.80. The number of fused-ring (bicyclic) bond motifs is 1. The van der Waals surface area contributed by atoms with E-state index in [1.807, 2.05) is 53.4 Å². The molecular formula is C25H29ClN2O2. The second-order valence-electron chi connectivity index (χ2n) is 8.49. The van der Waals surface area contributed by atoms with Crippen LogP contribution in [0.25, 0.3) is 0 Å². The van der Waals surface area contributed by atoms with Gasteiger partial charge in [-0.25, -0.2) is 0 Å². The standard InChI is InChI=1S/C25H29ClN2O2/c1-2-3-15-28-24(30)21-12-5-4-11-20(21)22(25(28)13-6-7-14-25)23(29)27-17-18-9-8-10-19(26)16-18/h4-5,8-12,16,22H,2-3,6-7,13-15,17H2,1H3,(H,27,29). The first-order valence-electron chi connectivity index (χ1n) is 11.0. The molecule has 1 saturated carbocycles. The van der Waals surface area contributed by atoms with Gasteiger partial charge in [0.25, 0.3) is 5.91 Å². The number of hydrogen-bond donors (Lipinski definition) is 1. The fraction of sp³-hybridized carbons (Fsp3) is 0.440. The van der Waals surface area contributed by atoms with Gasteiger partial charge in [-0.3, -0.25) is 9.59 Å². The number of carbonyl (C=O) groups is 2. The van der Waals surface area contributed by atoms with Crippen molar-refractivity contribution < 1.29 is 9.59 Å². The van der Waals surface area contributed by atoms with Crippen molar-refractivity contribution in [1.82, 2.24) is 10.2 Å². The molecular weight excluding hydrogens is 396 g/mol. The van der Waals surface area contributed by atoms with Crippen molar-refractivity contribution in [3.05, 3.63) is 70.2 Å². The molecule has 158 valence electrons. The van der Waals surface area contributed by atoms with Crippen molar-refractivity contribution in [1.29, 1.82) is 0 Å². The van der Waals surface area contributed by atoms with Crippen molar-refractivity contribution in [2.75, 3.05) is 6.54 Å². The first-order valence-corrected chi connectivity index (χ1v) is 11.4. The molecule has 4 rings (SSSR count). The summed E-state index contributed by atoms with van der Waals surface area (Å²) >= 11 is 6.10. The predicted molar refractivity (Wildman–Crippen MR) is 120 cm³/mol. The van der Waals surface area contributed by atoms with Gasteiger partial charge in [-0.2, -0.15) is 0 Å². The van der Waals surface area contributed by atoms with Crippen LogP contribution in [0.3, 0.4) is 0 Å². The van der Waals surface area contributed by atoms with Crippen molar-refractivity contribution >= 4 is 23.4 Å². The van der Waals surface area contributed by atoms with Gasteiger partial charge in [0.15, 0.2) is 0 Å². The summed E-state index contributed by atoms with van der Waals surface area (Å²) < 4.78 is 0. The summed E-state index contributed by atoms with van der Waals surface area (Å²) in [6.45, 7) is 3.28. The number of unbranched alkanes of at least 4 members (excludes halogenated alkanes) is 1. The first kappa shape index (κ1) is 20.9. The van der Waals surface area contributed by atoms with E-state index in [1.165, 1.54) is 0 Å². The lowest BCUT2D eigenvalue weighted by Crippen LogP contribution is -2.60. The maximum atomic E-state index is 13.6. The lowest BCUT2D eigenvalue weighted by molar-refractivity contribution is -0.126. The average molecular weight is 425 g/mol. The average Bonchev–Trinajstić information content (AvgIpc) is 3.22. The zero-order chi connectivity index (χ0) is 21.1. The Balaban J connectivity index is 1.70. The first-order chi connectivity index (χ1) is 14.6. The molecule has 0 saturated heterocycles. The van der Waals surface area contributed by atoms with Crippen molar-refractivity contribution in [2.24, 2.45) is 0 Å². The van der Waals surface area contributed by atoms with Gasteiger partial charge >= 0.3 is 0 Å². The molecule has 1 heterocycles. The Morgan fingerprint density at radius 2 is 1.93 bits per heavy atom. The quantitative estimate of drug-likeness (QED) is 0.683. The topological polar surface area (TPSA) is 49.4 Å². The van der Waals surface area contributed by atoms with Crippen LogP contribution in [-0.2, 0) is 11.3 Å². The molecule has 1 aliphatic heterocycles. The zero-order valence-corrected chi connectivity index (χ0v) is 18.3. The van der Waals surface area contributed by atoms with Crippen molar-refractivity contribution in [3.8, 4) is 0 Å². The fourth-order valence-electron chi connectivity index (χ4n) is 5.25. The monoisotopic (exact) mass is 424 g/mol. The third-order valence-corrected chi connectivity index (χ3v) is 6.88. The van der Waals surface area contributed by atoms with Crippen LogP contribution in [-0.4, -0.2) is 28.8 Å². The van der Waals surface area contributed by atoms with E-state index in [0.717, 1.165) is 49.7 Å². The smallest absolute Gasteiger partial charge is 0.254 e. The van der Waals surface area contributed by atoms with Crippen LogP contribution in [0.15, 0.2) is 48.5 Å². The lowest BCUT2D eigenvalue weighted by Gasteiger charge is -2.50. The zero-order valence-electron chi connectivity index (χ0n) is 17.5. The minimum Gasteiger partial charge on any atom is -0.351 e. The van der Waals surface area contributed by atoms with Crippen LogP contribution >= 0.6 is 11.6 Å². The molecule has 5 heteroatoms. The summed E-state index contributed by atoms with van der Waals surface area (Å²) in [6.07, 6.45) is 5.84. The van der Waals surface area contributed by atoms with E-state index in [1.54, 1.807) is 0 Å². The summed E-state index contributed by atoms with van der Waals surface area (Å²) in [6, 6.07) is 15.2. The number of rotatable bonds is 6. The van der Waals surface area contributed by atoms with E-state index >= 15 is 0 Å². The molecule has 30 heavy (non-hydrogen) atoms. The molecule has 0 bridgehead atoms. The number of nitrogens with one attached hydrogen (secondary N) is 1. The molecule has 0 radical (unpaired) electrons. The Morgan fingerprint density at radius 1 is 1.17 bits per heavy atom. The van der Waals surface area contributed by atoms with E-state index < -0.39 is 5.54 Å². The van der Waals surface area contributed by atoms with Gasteiger partial charge < -0.3 is 10.2 Å². The minimum atomic E-state index is -0.418. The number of nitrogens with zero attached hydrogens (tertiary/aromatic N) is 1. The van der Waals surface area contributed by atoms with Crippen LogP contribution in [0.5, 0.6) is 0 Å². The van der Waals surface area contributed by atoms with Crippen LogP contribution < -0.4 is 5.32 Å². The Labute approximate surface area is 183 Å². The summed E-state index contributed by atoms with van der Waals surface area (Å²) in [5.41, 5.74) is 2.10. The van der Waals surface area contributed by atoms with Gasteiger partial charge in [-0.05, 0) is 48.6 Å². The largest absolute Gasteiger partial charge is 0.351 e.